The lowest BCUT2D eigenvalue weighted by atomic mass is 9.95. The Labute approximate surface area is 152 Å². The fourth-order valence-electron chi connectivity index (χ4n) is 4.21. The number of fused-ring (bicyclic) bond motifs is 3. The summed E-state index contributed by atoms with van der Waals surface area (Å²) in [4.78, 5) is 6.78. The predicted molar refractivity (Wildman–Crippen MR) is 97.4 cm³/mol. The average Bonchev–Trinajstić information content (AvgIpc) is 3.35. The summed E-state index contributed by atoms with van der Waals surface area (Å²) in [5.74, 6) is 0.0312. The second-order valence-electron chi connectivity index (χ2n) is 7.00. The van der Waals surface area contributed by atoms with Crippen molar-refractivity contribution in [2.75, 3.05) is 13.1 Å². The van der Waals surface area contributed by atoms with Crippen molar-refractivity contribution >= 4 is 9.84 Å². The summed E-state index contributed by atoms with van der Waals surface area (Å²) >= 11 is 0. The molecule has 2 aromatic heterocycles. The molecule has 132 valence electrons. The molecule has 3 aromatic rings. The summed E-state index contributed by atoms with van der Waals surface area (Å²) in [6, 6.07) is 11.5. The number of sulfone groups is 1. The molecule has 2 aliphatic rings. The first-order valence-electron chi connectivity index (χ1n) is 8.64. The van der Waals surface area contributed by atoms with E-state index in [-0.39, 0.29) is 11.2 Å². The van der Waals surface area contributed by atoms with Gasteiger partial charge in [0.1, 0.15) is 0 Å². The Morgan fingerprint density at radius 1 is 1.08 bits per heavy atom. The van der Waals surface area contributed by atoms with E-state index in [0.717, 1.165) is 35.3 Å². The number of pyridine rings is 1. The molecule has 2 atom stereocenters. The quantitative estimate of drug-likeness (QED) is 0.713. The van der Waals surface area contributed by atoms with Crippen LogP contribution >= 0.6 is 0 Å². The molecule has 0 spiro atoms. The topological polar surface area (TPSA) is 63.4 Å². The minimum atomic E-state index is -3.27. The van der Waals surface area contributed by atoms with Gasteiger partial charge in [0.2, 0.25) is 0 Å². The number of rotatable bonds is 3. The highest BCUT2D eigenvalue weighted by Gasteiger charge is 2.50. The van der Waals surface area contributed by atoms with E-state index in [9.17, 15) is 8.42 Å². The molecule has 0 N–H and O–H groups in total. The maximum Gasteiger partial charge on any atom is 0.183 e. The maximum atomic E-state index is 13.0. The smallest absolute Gasteiger partial charge is 0.183 e. The fraction of sp³-hybridized carbons (Fsp3) is 0.250. The second kappa shape index (κ2) is 5.79. The number of hydrogen-bond acceptors (Lipinski definition) is 5. The molecule has 1 saturated heterocycles. The minimum absolute atomic E-state index is 0.0312. The highest BCUT2D eigenvalue weighted by atomic mass is 32.2. The number of furan rings is 1. The monoisotopic (exact) mass is 366 g/mol. The third-order valence-electron chi connectivity index (χ3n) is 5.47. The Hall–Kier alpha value is -2.44. The van der Waals surface area contributed by atoms with Gasteiger partial charge >= 0.3 is 0 Å². The molecule has 6 heteroatoms. The molecule has 5 nitrogen and oxygen atoms in total. The van der Waals surface area contributed by atoms with Crippen LogP contribution in [0.2, 0.25) is 0 Å². The van der Waals surface area contributed by atoms with Crippen LogP contribution in [0.3, 0.4) is 0 Å². The Bertz CT molecular complexity index is 1050. The molecule has 5 rings (SSSR count). The van der Waals surface area contributed by atoms with Crippen LogP contribution in [-0.2, 0) is 16.4 Å². The van der Waals surface area contributed by atoms with E-state index in [1.807, 2.05) is 30.3 Å². The summed E-state index contributed by atoms with van der Waals surface area (Å²) in [5.41, 5.74) is 4.08. The SMILES string of the molecule is O=S1(=O)c2ccc(-c3ccoc3)cc2[C@@H]2CN(Cc3ccncc3)C[C@H]21. The maximum absolute atomic E-state index is 13.0. The molecule has 0 saturated carbocycles. The Morgan fingerprint density at radius 2 is 1.92 bits per heavy atom. The summed E-state index contributed by atoms with van der Waals surface area (Å²) in [5, 5.41) is -0.348. The van der Waals surface area contributed by atoms with Crippen LogP contribution in [0.15, 0.2) is 70.6 Å². The van der Waals surface area contributed by atoms with E-state index in [1.54, 1.807) is 31.0 Å². The second-order valence-corrected chi connectivity index (χ2v) is 9.14. The van der Waals surface area contributed by atoms with Crippen molar-refractivity contribution < 1.29 is 12.8 Å². The van der Waals surface area contributed by atoms with E-state index in [2.05, 4.69) is 9.88 Å². The molecule has 26 heavy (non-hydrogen) atoms. The molecule has 0 bridgehead atoms. The lowest BCUT2D eigenvalue weighted by molar-refractivity contribution is 0.325. The van der Waals surface area contributed by atoms with Crippen molar-refractivity contribution in [3.63, 3.8) is 0 Å². The van der Waals surface area contributed by atoms with E-state index in [1.165, 1.54) is 0 Å². The third-order valence-corrected chi connectivity index (χ3v) is 7.73. The predicted octanol–water partition coefficient (Wildman–Crippen LogP) is 3.10. The summed E-state index contributed by atoms with van der Waals surface area (Å²) in [6.07, 6.45) is 6.87. The van der Waals surface area contributed by atoms with Crippen LogP contribution in [0.5, 0.6) is 0 Å². The number of aromatic nitrogens is 1. The highest BCUT2D eigenvalue weighted by Crippen LogP contribution is 2.46. The third kappa shape index (κ3) is 2.40. The molecule has 2 aliphatic heterocycles. The van der Waals surface area contributed by atoms with Crippen LogP contribution in [-0.4, -0.2) is 36.6 Å². The lowest BCUT2D eigenvalue weighted by Gasteiger charge is -2.17. The summed E-state index contributed by atoms with van der Waals surface area (Å²) < 4.78 is 31.2. The summed E-state index contributed by atoms with van der Waals surface area (Å²) in [6.45, 7) is 2.08. The van der Waals surface area contributed by atoms with E-state index >= 15 is 0 Å². The Kier molecular flexibility index (Phi) is 3.52. The number of benzene rings is 1. The van der Waals surface area contributed by atoms with Crippen LogP contribution < -0.4 is 0 Å². The van der Waals surface area contributed by atoms with Crippen LogP contribution in [0.25, 0.3) is 11.1 Å². The number of likely N-dealkylation sites (tertiary alicyclic amines) is 1. The molecule has 1 aromatic carbocycles. The van der Waals surface area contributed by atoms with Gasteiger partial charge in [-0.2, -0.15) is 0 Å². The van der Waals surface area contributed by atoms with Crippen molar-refractivity contribution in [3.8, 4) is 11.1 Å². The standard InChI is InChI=1S/C20H18N2O3S/c23-26(24)19-2-1-15(16-5-8-25-13-16)9-17(19)18-11-22(12-20(18)26)10-14-3-6-21-7-4-14/h1-9,13,18,20H,10-12H2/t18-,20+/m0/s1. The molecule has 0 aliphatic carbocycles. The van der Waals surface area contributed by atoms with Gasteiger partial charge in [-0.05, 0) is 47.0 Å². The van der Waals surface area contributed by atoms with Crippen molar-refractivity contribution in [3.05, 3.63) is 72.4 Å². The van der Waals surface area contributed by atoms with E-state index in [0.29, 0.717) is 11.4 Å². The largest absolute Gasteiger partial charge is 0.472 e. The van der Waals surface area contributed by atoms with Gasteiger partial charge < -0.3 is 4.42 Å². The number of nitrogens with zero attached hydrogens (tertiary/aromatic N) is 2. The van der Waals surface area contributed by atoms with Crippen LogP contribution in [0.4, 0.5) is 0 Å². The first-order valence-corrected chi connectivity index (χ1v) is 10.2. The first-order chi connectivity index (χ1) is 12.6. The van der Waals surface area contributed by atoms with Crippen molar-refractivity contribution in [1.29, 1.82) is 0 Å². The average molecular weight is 366 g/mol. The molecular weight excluding hydrogens is 348 g/mol. The van der Waals surface area contributed by atoms with Crippen molar-refractivity contribution in [1.82, 2.24) is 9.88 Å². The first kappa shape index (κ1) is 15.8. The van der Waals surface area contributed by atoms with Gasteiger partial charge in [0.25, 0.3) is 0 Å². The van der Waals surface area contributed by atoms with E-state index in [4.69, 9.17) is 4.42 Å². The lowest BCUT2D eigenvalue weighted by Crippen LogP contribution is -2.25. The molecular formula is C20H18N2O3S. The van der Waals surface area contributed by atoms with Gasteiger partial charge in [-0.1, -0.05) is 6.07 Å². The van der Waals surface area contributed by atoms with Gasteiger partial charge in [-0.15, -0.1) is 0 Å². The Morgan fingerprint density at radius 3 is 2.69 bits per heavy atom. The van der Waals surface area contributed by atoms with Crippen molar-refractivity contribution in [2.45, 2.75) is 22.6 Å². The highest BCUT2D eigenvalue weighted by molar-refractivity contribution is 7.92. The van der Waals surface area contributed by atoms with E-state index < -0.39 is 9.84 Å². The van der Waals surface area contributed by atoms with Gasteiger partial charge in [0.15, 0.2) is 9.84 Å². The molecule has 0 unspecified atom stereocenters. The fourth-order valence-corrected chi connectivity index (χ4v) is 6.40. The van der Waals surface area contributed by atoms with Gasteiger partial charge in [0, 0.05) is 43.5 Å². The minimum Gasteiger partial charge on any atom is -0.472 e. The van der Waals surface area contributed by atoms with Gasteiger partial charge in [0.05, 0.1) is 22.7 Å². The van der Waals surface area contributed by atoms with Crippen LogP contribution in [0, 0.1) is 0 Å². The zero-order valence-electron chi connectivity index (χ0n) is 14.1. The molecule has 0 radical (unpaired) electrons. The molecule has 1 fully saturated rings. The summed E-state index contributed by atoms with van der Waals surface area (Å²) in [7, 11) is -3.27. The van der Waals surface area contributed by atoms with Gasteiger partial charge in [-0.25, -0.2) is 8.42 Å². The van der Waals surface area contributed by atoms with Crippen molar-refractivity contribution in [2.24, 2.45) is 0 Å². The molecule has 4 heterocycles. The zero-order valence-corrected chi connectivity index (χ0v) is 14.9. The normalized spacial score (nSPS) is 23.7. The molecule has 0 amide bonds. The number of hydrogen-bond donors (Lipinski definition) is 0. The zero-order chi connectivity index (χ0) is 17.7. The Balaban J connectivity index is 1.49. The van der Waals surface area contributed by atoms with Crippen LogP contribution in [0.1, 0.15) is 17.0 Å². The van der Waals surface area contributed by atoms with Gasteiger partial charge in [-0.3, -0.25) is 9.88 Å².